The molecule has 1 atom stereocenters. The van der Waals surface area contributed by atoms with Crippen molar-refractivity contribution in [1.29, 1.82) is 0 Å². The number of benzene rings is 2. The Hall–Kier alpha value is -1.74. The number of carbonyl (C=O) groups is 1. The fourth-order valence-corrected chi connectivity index (χ4v) is 2.69. The molecule has 0 heterocycles. The second kappa shape index (κ2) is 6.43. The third-order valence-electron chi connectivity index (χ3n) is 2.89. The number of ether oxygens (including phenoxy) is 1. The average molecular weight is 272 g/mol. The van der Waals surface area contributed by atoms with Crippen LogP contribution in [0.3, 0.4) is 0 Å². The Morgan fingerprint density at radius 1 is 1.05 bits per heavy atom. The SMILES string of the molecule is COC(=O)C(C)c1cccc(Sc2ccccc2)c1. The van der Waals surface area contributed by atoms with Gasteiger partial charge in [0.1, 0.15) is 0 Å². The molecule has 0 aromatic heterocycles. The minimum Gasteiger partial charge on any atom is -0.469 e. The van der Waals surface area contributed by atoms with Gasteiger partial charge in [0, 0.05) is 9.79 Å². The molecule has 3 heteroatoms. The van der Waals surface area contributed by atoms with E-state index in [9.17, 15) is 4.79 Å². The van der Waals surface area contributed by atoms with Crippen LogP contribution in [0, 0.1) is 0 Å². The van der Waals surface area contributed by atoms with Crippen LogP contribution in [0.5, 0.6) is 0 Å². The minimum absolute atomic E-state index is 0.207. The summed E-state index contributed by atoms with van der Waals surface area (Å²) in [7, 11) is 1.42. The van der Waals surface area contributed by atoms with E-state index in [1.54, 1.807) is 11.8 Å². The van der Waals surface area contributed by atoms with Crippen molar-refractivity contribution < 1.29 is 9.53 Å². The highest BCUT2D eigenvalue weighted by molar-refractivity contribution is 7.99. The molecule has 0 aliphatic carbocycles. The summed E-state index contributed by atoms with van der Waals surface area (Å²) in [6.45, 7) is 1.86. The van der Waals surface area contributed by atoms with E-state index in [2.05, 4.69) is 12.1 Å². The van der Waals surface area contributed by atoms with Crippen molar-refractivity contribution in [2.24, 2.45) is 0 Å². The van der Waals surface area contributed by atoms with Crippen LogP contribution in [0.25, 0.3) is 0 Å². The summed E-state index contributed by atoms with van der Waals surface area (Å²) < 4.78 is 4.78. The summed E-state index contributed by atoms with van der Waals surface area (Å²) in [5.74, 6) is -0.441. The van der Waals surface area contributed by atoms with Crippen molar-refractivity contribution in [3.8, 4) is 0 Å². The Morgan fingerprint density at radius 2 is 1.74 bits per heavy atom. The van der Waals surface area contributed by atoms with Crippen molar-refractivity contribution in [1.82, 2.24) is 0 Å². The van der Waals surface area contributed by atoms with Gasteiger partial charge in [-0.25, -0.2) is 0 Å². The molecule has 0 saturated carbocycles. The fourth-order valence-electron chi connectivity index (χ4n) is 1.78. The Bertz CT molecular complexity index is 552. The van der Waals surface area contributed by atoms with Gasteiger partial charge in [-0.1, -0.05) is 42.1 Å². The van der Waals surface area contributed by atoms with Crippen molar-refractivity contribution in [2.45, 2.75) is 22.6 Å². The lowest BCUT2D eigenvalue weighted by atomic mass is 10.0. The molecule has 2 aromatic rings. The lowest BCUT2D eigenvalue weighted by molar-refractivity contribution is -0.141. The van der Waals surface area contributed by atoms with Crippen LogP contribution in [0.4, 0.5) is 0 Å². The Balaban J connectivity index is 2.18. The Labute approximate surface area is 117 Å². The molecule has 0 saturated heterocycles. The Morgan fingerprint density at radius 3 is 2.42 bits per heavy atom. The van der Waals surface area contributed by atoms with Gasteiger partial charge in [-0.15, -0.1) is 0 Å². The summed E-state index contributed by atoms with van der Waals surface area (Å²) in [6, 6.07) is 18.2. The molecule has 0 radical (unpaired) electrons. The van der Waals surface area contributed by atoms with Crippen molar-refractivity contribution >= 4 is 17.7 Å². The van der Waals surface area contributed by atoms with Crippen LogP contribution >= 0.6 is 11.8 Å². The van der Waals surface area contributed by atoms with Gasteiger partial charge in [0.15, 0.2) is 0 Å². The predicted molar refractivity (Wildman–Crippen MR) is 77.4 cm³/mol. The first-order valence-electron chi connectivity index (χ1n) is 6.11. The smallest absolute Gasteiger partial charge is 0.312 e. The van der Waals surface area contributed by atoms with Crippen LogP contribution < -0.4 is 0 Å². The molecule has 0 aliphatic heterocycles. The van der Waals surface area contributed by atoms with Gasteiger partial charge in [0.05, 0.1) is 13.0 Å². The molecular weight excluding hydrogens is 256 g/mol. The average Bonchev–Trinajstić information content (AvgIpc) is 2.47. The lowest BCUT2D eigenvalue weighted by Gasteiger charge is -2.10. The number of rotatable bonds is 4. The fraction of sp³-hybridized carbons (Fsp3) is 0.188. The molecule has 0 amide bonds. The zero-order chi connectivity index (χ0) is 13.7. The van der Waals surface area contributed by atoms with E-state index in [1.165, 1.54) is 12.0 Å². The summed E-state index contributed by atoms with van der Waals surface area (Å²) in [6.07, 6.45) is 0. The summed E-state index contributed by atoms with van der Waals surface area (Å²) in [5, 5.41) is 0. The molecule has 1 unspecified atom stereocenters. The first-order chi connectivity index (χ1) is 9.20. The van der Waals surface area contributed by atoms with Crippen LogP contribution in [0.2, 0.25) is 0 Å². The topological polar surface area (TPSA) is 26.3 Å². The number of methoxy groups -OCH3 is 1. The number of esters is 1. The van der Waals surface area contributed by atoms with Crippen molar-refractivity contribution in [3.05, 3.63) is 60.2 Å². The highest BCUT2D eigenvalue weighted by Crippen LogP contribution is 2.29. The van der Waals surface area contributed by atoms with Gasteiger partial charge in [0.25, 0.3) is 0 Å². The van der Waals surface area contributed by atoms with E-state index in [0.717, 1.165) is 10.5 Å². The summed E-state index contributed by atoms with van der Waals surface area (Å²) >= 11 is 1.69. The quantitative estimate of drug-likeness (QED) is 0.783. The van der Waals surface area contributed by atoms with Gasteiger partial charge < -0.3 is 4.74 Å². The molecule has 0 N–H and O–H groups in total. The highest BCUT2D eigenvalue weighted by Gasteiger charge is 2.15. The van der Waals surface area contributed by atoms with E-state index >= 15 is 0 Å². The molecule has 2 rings (SSSR count). The third kappa shape index (κ3) is 3.61. The molecule has 0 bridgehead atoms. The monoisotopic (exact) mass is 272 g/mol. The summed E-state index contributed by atoms with van der Waals surface area (Å²) in [4.78, 5) is 13.9. The van der Waals surface area contributed by atoms with Crippen LogP contribution in [-0.2, 0) is 9.53 Å². The Kier molecular flexibility index (Phi) is 4.63. The molecule has 0 fully saturated rings. The van der Waals surface area contributed by atoms with Gasteiger partial charge in [-0.3, -0.25) is 4.79 Å². The molecule has 19 heavy (non-hydrogen) atoms. The van der Waals surface area contributed by atoms with E-state index in [4.69, 9.17) is 4.74 Å². The molecule has 0 aliphatic rings. The molecule has 98 valence electrons. The standard InChI is InChI=1S/C16H16O2S/c1-12(16(17)18-2)13-7-6-10-15(11-13)19-14-8-4-3-5-9-14/h3-12H,1-2H3. The molecule has 2 aromatic carbocycles. The second-order valence-electron chi connectivity index (χ2n) is 4.23. The van der Waals surface area contributed by atoms with E-state index < -0.39 is 0 Å². The van der Waals surface area contributed by atoms with Crippen molar-refractivity contribution in [3.63, 3.8) is 0 Å². The second-order valence-corrected chi connectivity index (χ2v) is 5.38. The van der Waals surface area contributed by atoms with E-state index in [1.807, 2.05) is 49.4 Å². The van der Waals surface area contributed by atoms with Gasteiger partial charge in [0.2, 0.25) is 0 Å². The number of carbonyl (C=O) groups excluding carboxylic acids is 1. The maximum Gasteiger partial charge on any atom is 0.312 e. The zero-order valence-corrected chi connectivity index (χ0v) is 11.8. The van der Waals surface area contributed by atoms with E-state index in [0.29, 0.717) is 0 Å². The van der Waals surface area contributed by atoms with Crippen molar-refractivity contribution in [2.75, 3.05) is 7.11 Å². The largest absolute Gasteiger partial charge is 0.469 e. The molecule has 2 nitrogen and oxygen atoms in total. The lowest BCUT2D eigenvalue weighted by Crippen LogP contribution is -2.10. The first-order valence-corrected chi connectivity index (χ1v) is 6.93. The molecular formula is C16H16O2S. The number of hydrogen-bond acceptors (Lipinski definition) is 3. The normalized spacial score (nSPS) is 11.9. The highest BCUT2D eigenvalue weighted by atomic mass is 32.2. The maximum atomic E-state index is 11.6. The minimum atomic E-state index is -0.235. The molecule has 0 spiro atoms. The van der Waals surface area contributed by atoms with Gasteiger partial charge in [-0.2, -0.15) is 0 Å². The summed E-state index contributed by atoms with van der Waals surface area (Å²) in [5.41, 5.74) is 0.979. The zero-order valence-electron chi connectivity index (χ0n) is 11.0. The number of hydrogen-bond donors (Lipinski definition) is 0. The maximum absolute atomic E-state index is 11.6. The van der Waals surface area contributed by atoms with Crippen LogP contribution in [-0.4, -0.2) is 13.1 Å². The van der Waals surface area contributed by atoms with Gasteiger partial charge >= 0.3 is 5.97 Å². The van der Waals surface area contributed by atoms with Gasteiger partial charge in [-0.05, 0) is 36.8 Å². The van der Waals surface area contributed by atoms with E-state index in [-0.39, 0.29) is 11.9 Å². The van der Waals surface area contributed by atoms with Crippen LogP contribution in [0.1, 0.15) is 18.4 Å². The first kappa shape index (κ1) is 13.7. The third-order valence-corrected chi connectivity index (χ3v) is 3.89. The predicted octanol–water partition coefficient (Wildman–Crippen LogP) is 4.11. The van der Waals surface area contributed by atoms with Crippen LogP contribution in [0.15, 0.2) is 64.4 Å².